The molecular formula is C8H14N2O. The molecule has 62 valence electrons. The first-order valence-corrected chi connectivity index (χ1v) is 4.30. The molecular weight excluding hydrogens is 140 g/mol. The third-order valence-electron chi connectivity index (χ3n) is 2.74. The van der Waals surface area contributed by atoms with Crippen molar-refractivity contribution in [3.05, 3.63) is 0 Å². The molecule has 0 spiro atoms. The summed E-state index contributed by atoms with van der Waals surface area (Å²) in [6.45, 7) is 1.87. The fourth-order valence-electron chi connectivity index (χ4n) is 2.11. The van der Waals surface area contributed by atoms with Crippen LogP contribution in [-0.4, -0.2) is 35.9 Å². The van der Waals surface area contributed by atoms with E-state index in [9.17, 15) is 4.79 Å². The fraction of sp³-hybridized carbons (Fsp3) is 0.875. The Bertz CT molecular complexity index is 181. The number of carbonyl (C=O) groups excluding carboxylic acids is 1. The lowest BCUT2D eigenvalue weighted by Crippen LogP contribution is -2.47. The molecule has 0 amide bonds. The molecule has 2 aliphatic rings. The highest BCUT2D eigenvalue weighted by Gasteiger charge is 2.35. The van der Waals surface area contributed by atoms with E-state index < -0.39 is 0 Å². The van der Waals surface area contributed by atoms with E-state index in [-0.39, 0.29) is 6.04 Å². The number of piperidine rings is 1. The molecule has 0 radical (unpaired) electrons. The summed E-state index contributed by atoms with van der Waals surface area (Å²) in [5.41, 5.74) is 5.78. The van der Waals surface area contributed by atoms with Crippen molar-refractivity contribution in [2.75, 3.05) is 13.1 Å². The zero-order valence-corrected chi connectivity index (χ0v) is 6.62. The maximum atomic E-state index is 11.2. The van der Waals surface area contributed by atoms with Crippen LogP contribution in [0.2, 0.25) is 0 Å². The number of nitrogens with two attached hydrogens (primary N) is 1. The van der Waals surface area contributed by atoms with Crippen molar-refractivity contribution in [2.24, 2.45) is 5.73 Å². The predicted molar refractivity (Wildman–Crippen MR) is 42.2 cm³/mol. The molecule has 0 aromatic rings. The van der Waals surface area contributed by atoms with Gasteiger partial charge in [0.25, 0.3) is 0 Å². The van der Waals surface area contributed by atoms with Gasteiger partial charge in [-0.15, -0.1) is 0 Å². The van der Waals surface area contributed by atoms with Gasteiger partial charge in [-0.05, 0) is 12.8 Å². The number of rotatable bonds is 0. The molecule has 0 bridgehead atoms. The topological polar surface area (TPSA) is 46.3 Å². The molecule has 2 rings (SSSR count). The summed E-state index contributed by atoms with van der Waals surface area (Å²) in [5.74, 6) is 0.428. The van der Waals surface area contributed by atoms with Crippen molar-refractivity contribution in [1.82, 2.24) is 4.90 Å². The second kappa shape index (κ2) is 2.57. The van der Waals surface area contributed by atoms with Gasteiger partial charge in [0.15, 0.2) is 5.78 Å². The SMILES string of the molecule is N[C@H]1CC[C@H]2C(=O)CCN2C1. The Balaban J connectivity index is 2.06. The summed E-state index contributed by atoms with van der Waals surface area (Å²) in [6, 6.07) is 0.534. The summed E-state index contributed by atoms with van der Waals surface area (Å²) in [6.07, 6.45) is 2.75. The zero-order valence-electron chi connectivity index (χ0n) is 6.62. The molecule has 0 saturated carbocycles. The van der Waals surface area contributed by atoms with Crippen LogP contribution in [0.1, 0.15) is 19.3 Å². The smallest absolute Gasteiger partial charge is 0.151 e. The molecule has 2 atom stereocenters. The van der Waals surface area contributed by atoms with E-state index in [1.807, 2.05) is 0 Å². The van der Waals surface area contributed by atoms with Crippen molar-refractivity contribution in [1.29, 1.82) is 0 Å². The molecule has 2 heterocycles. The van der Waals surface area contributed by atoms with Gasteiger partial charge in [0.05, 0.1) is 6.04 Å². The van der Waals surface area contributed by atoms with Gasteiger partial charge in [-0.3, -0.25) is 9.69 Å². The highest BCUT2D eigenvalue weighted by Crippen LogP contribution is 2.23. The van der Waals surface area contributed by atoms with Crippen LogP contribution >= 0.6 is 0 Å². The molecule has 3 heteroatoms. The van der Waals surface area contributed by atoms with E-state index >= 15 is 0 Å². The zero-order chi connectivity index (χ0) is 7.84. The third kappa shape index (κ3) is 1.19. The van der Waals surface area contributed by atoms with E-state index in [2.05, 4.69) is 4.90 Å². The largest absolute Gasteiger partial charge is 0.327 e. The number of carbonyl (C=O) groups is 1. The Morgan fingerprint density at radius 3 is 3.09 bits per heavy atom. The Morgan fingerprint density at radius 2 is 2.27 bits per heavy atom. The van der Waals surface area contributed by atoms with E-state index in [4.69, 9.17) is 5.73 Å². The Hall–Kier alpha value is -0.410. The second-order valence-electron chi connectivity index (χ2n) is 3.56. The van der Waals surface area contributed by atoms with Crippen LogP contribution in [0, 0.1) is 0 Å². The predicted octanol–water partition coefficient (Wildman–Crippen LogP) is -0.249. The molecule has 2 saturated heterocycles. The second-order valence-corrected chi connectivity index (χ2v) is 3.56. The summed E-state index contributed by atoms with van der Waals surface area (Å²) < 4.78 is 0. The van der Waals surface area contributed by atoms with Crippen molar-refractivity contribution < 1.29 is 4.79 Å². The standard InChI is InChI=1S/C8H14N2O/c9-6-1-2-7-8(11)3-4-10(7)5-6/h6-7H,1-5,9H2/t6-,7-/m0/s1. The van der Waals surface area contributed by atoms with Crippen LogP contribution in [0.4, 0.5) is 0 Å². The van der Waals surface area contributed by atoms with Gasteiger partial charge in [0.1, 0.15) is 0 Å². The molecule has 2 fully saturated rings. The van der Waals surface area contributed by atoms with Gasteiger partial charge in [-0.1, -0.05) is 0 Å². The number of Topliss-reactive ketones (excluding diaryl/α,β-unsaturated/α-hetero) is 1. The van der Waals surface area contributed by atoms with Gasteiger partial charge in [0.2, 0.25) is 0 Å². The summed E-state index contributed by atoms with van der Waals surface area (Å²) in [4.78, 5) is 13.5. The van der Waals surface area contributed by atoms with Gasteiger partial charge in [-0.25, -0.2) is 0 Å². The molecule has 11 heavy (non-hydrogen) atoms. The minimum Gasteiger partial charge on any atom is -0.327 e. The van der Waals surface area contributed by atoms with Crippen LogP contribution in [0.25, 0.3) is 0 Å². The molecule has 0 unspecified atom stereocenters. The van der Waals surface area contributed by atoms with Crippen molar-refractivity contribution >= 4 is 5.78 Å². The minimum absolute atomic E-state index is 0.231. The molecule has 3 nitrogen and oxygen atoms in total. The van der Waals surface area contributed by atoms with Crippen LogP contribution in [0.3, 0.4) is 0 Å². The normalized spacial score (nSPS) is 39.2. The first kappa shape index (κ1) is 7.25. The fourth-order valence-corrected chi connectivity index (χ4v) is 2.11. The number of hydrogen-bond acceptors (Lipinski definition) is 3. The van der Waals surface area contributed by atoms with E-state index in [1.165, 1.54) is 0 Å². The molecule has 0 aliphatic carbocycles. The Kier molecular flexibility index (Phi) is 1.69. The van der Waals surface area contributed by atoms with Crippen molar-refractivity contribution in [3.63, 3.8) is 0 Å². The van der Waals surface area contributed by atoms with Crippen LogP contribution < -0.4 is 5.73 Å². The van der Waals surface area contributed by atoms with E-state index in [1.54, 1.807) is 0 Å². The van der Waals surface area contributed by atoms with Gasteiger partial charge in [0, 0.05) is 25.6 Å². The lowest BCUT2D eigenvalue weighted by Gasteiger charge is -2.31. The Labute approximate surface area is 66.5 Å². The number of fused-ring (bicyclic) bond motifs is 1. The van der Waals surface area contributed by atoms with Crippen molar-refractivity contribution in [2.45, 2.75) is 31.3 Å². The molecule has 0 aromatic carbocycles. The first-order chi connectivity index (χ1) is 5.27. The quantitative estimate of drug-likeness (QED) is 0.523. The first-order valence-electron chi connectivity index (χ1n) is 4.30. The van der Waals surface area contributed by atoms with E-state index in [0.29, 0.717) is 11.8 Å². The highest BCUT2D eigenvalue weighted by molar-refractivity contribution is 5.86. The van der Waals surface area contributed by atoms with Crippen LogP contribution in [0.15, 0.2) is 0 Å². The number of hydrogen-bond donors (Lipinski definition) is 1. The maximum absolute atomic E-state index is 11.2. The van der Waals surface area contributed by atoms with Gasteiger partial charge >= 0.3 is 0 Å². The Morgan fingerprint density at radius 1 is 1.45 bits per heavy atom. The summed E-state index contributed by atoms with van der Waals surface area (Å²) in [7, 11) is 0. The molecule has 2 aliphatic heterocycles. The highest BCUT2D eigenvalue weighted by atomic mass is 16.1. The average Bonchev–Trinajstić information content (AvgIpc) is 2.32. The minimum atomic E-state index is 0.231. The number of ketones is 1. The average molecular weight is 154 g/mol. The van der Waals surface area contributed by atoms with Crippen LogP contribution in [0.5, 0.6) is 0 Å². The lowest BCUT2D eigenvalue weighted by molar-refractivity contribution is -0.120. The van der Waals surface area contributed by atoms with Gasteiger partial charge in [-0.2, -0.15) is 0 Å². The third-order valence-corrected chi connectivity index (χ3v) is 2.74. The van der Waals surface area contributed by atoms with Crippen molar-refractivity contribution in [3.8, 4) is 0 Å². The summed E-state index contributed by atoms with van der Waals surface area (Å²) in [5, 5.41) is 0. The molecule has 2 N–H and O–H groups in total. The summed E-state index contributed by atoms with van der Waals surface area (Å²) >= 11 is 0. The monoisotopic (exact) mass is 154 g/mol. The molecule has 0 aromatic heterocycles. The number of nitrogens with zero attached hydrogens (tertiary/aromatic N) is 1. The lowest BCUT2D eigenvalue weighted by atomic mass is 9.99. The van der Waals surface area contributed by atoms with Crippen LogP contribution in [-0.2, 0) is 4.79 Å². The van der Waals surface area contributed by atoms with E-state index in [0.717, 1.165) is 32.4 Å². The maximum Gasteiger partial charge on any atom is 0.151 e. The van der Waals surface area contributed by atoms with Gasteiger partial charge < -0.3 is 5.73 Å².